The standard InChI is InChI=1S/C16H24ClN3O/c1-3-18-16(20-8-7-14(11-20)12-21-2)19-10-13-5-4-6-15(17)9-13/h4-6,9,14H,3,7-8,10-12H2,1-2H3,(H,18,19). The first-order chi connectivity index (χ1) is 10.2. The molecular weight excluding hydrogens is 286 g/mol. The van der Waals surface area contributed by atoms with Gasteiger partial charge in [0.15, 0.2) is 5.96 Å². The fourth-order valence-corrected chi connectivity index (χ4v) is 2.84. The van der Waals surface area contributed by atoms with Crippen LogP contribution in [-0.2, 0) is 11.3 Å². The van der Waals surface area contributed by atoms with Crippen LogP contribution in [0, 0.1) is 5.92 Å². The van der Waals surface area contributed by atoms with Crippen molar-refractivity contribution >= 4 is 17.6 Å². The van der Waals surface area contributed by atoms with Gasteiger partial charge in [0, 0.05) is 37.7 Å². The first kappa shape index (κ1) is 16.1. The maximum absolute atomic E-state index is 6.01. The number of guanidine groups is 1. The van der Waals surface area contributed by atoms with Crippen molar-refractivity contribution in [3.05, 3.63) is 34.9 Å². The number of likely N-dealkylation sites (tertiary alicyclic amines) is 1. The van der Waals surface area contributed by atoms with Gasteiger partial charge in [0.1, 0.15) is 0 Å². The first-order valence-electron chi connectivity index (χ1n) is 7.49. The molecule has 1 atom stereocenters. The first-order valence-corrected chi connectivity index (χ1v) is 7.87. The smallest absolute Gasteiger partial charge is 0.194 e. The van der Waals surface area contributed by atoms with Gasteiger partial charge in [0.25, 0.3) is 0 Å². The summed E-state index contributed by atoms with van der Waals surface area (Å²) in [5.74, 6) is 1.58. The third-order valence-electron chi connectivity index (χ3n) is 3.62. The highest BCUT2D eigenvalue weighted by atomic mass is 35.5. The second kappa shape index (κ2) is 8.25. The second-order valence-electron chi connectivity index (χ2n) is 5.36. The Balaban J connectivity index is 1.99. The minimum atomic E-state index is 0.602. The van der Waals surface area contributed by atoms with Crippen LogP contribution < -0.4 is 5.32 Å². The van der Waals surface area contributed by atoms with Crippen LogP contribution in [-0.4, -0.2) is 44.2 Å². The number of halogens is 1. The lowest BCUT2D eigenvalue weighted by atomic mass is 10.1. The van der Waals surface area contributed by atoms with Gasteiger partial charge in [0.05, 0.1) is 13.2 Å². The van der Waals surface area contributed by atoms with Gasteiger partial charge in [-0.3, -0.25) is 0 Å². The van der Waals surface area contributed by atoms with E-state index in [1.54, 1.807) is 7.11 Å². The summed E-state index contributed by atoms with van der Waals surface area (Å²) in [6, 6.07) is 7.86. The quantitative estimate of drug-likeness (QED) is 0.671. The molecule has 0 aliphatic carbocycles. The summed E-state index contributed by atoms with van der Waals surface area (Å²) in [5.41, 5.74) is 1.13. The molecule has 5 heteroatoms. The number of methoxy groups -OCH3 is 1. The largest absolute Gasteiger partial charge is 0.384 e. The molecule has 0 spiro atoms. The summed E-state index contributed by atoms with van der Waals surface area (Å²) in [4.78, 5) is 7.05. The number of nitrogens with zero attached hydrogens (tertiary/aromatic N) is 2. The van der Waals surface area contributed by atoms with E-state index in [0.29, 0.717) is 12.5 Å². The lowest BCUT2D eigenvalue weighted by molar-refractivity contribution is 0.157. The van der Waals surface area contributed by atoms with Crippen LogP contribution in [0.15, 0.2) is 29.3 Å². The van der Waals surface area contributed by atoms with Crippen molar-refractivity contribution < 1.29 is 4.74 Å². The van der Waals surface area contributed by atoms with Crippen molar-refractivity contribution in [2.45, 2.75) is 19.9 Å². The van der Waals surface area contributed by atoms with Crippen LogP contribution in [0.5, 0.6) is 0 Å². The highest BCUT2D eigenvalue weighted by Gasteiger charge is 2.24. The van der Waals surface area contributed by atoms with Crippen LogP contribution >= 0.6 is 11.6 Å². The maximum Gasteiger partial charge on any atom is 0.194 e. The predicted molar refractivity (Wildman–Crippen MR) is 87.8 cm³/mol. The van der Waals surface area contributed by atoms with E-state index in [0.717, 1.165) is 49.2 Å². The number of hydrogen-bond acceptors (Lipinski definition) is 2. The fourth-order valence-electron chi connectivity index (χ4n) is 2.62. The van der Waals surface area contributed by atoms with E-state index in [-0.39, 0.29) is 0 Å². The number of nitrogens with one attached hydrogen (secondary N) is 1. The van der Waals surface area contributed by atoms with Gasteiger partial charge in [-0.2, -0.15) is 0 Å². The van der Waals surface area contributed by atoms with Gasteiger partial charge in [-0.05, 0) is 31.0 Å². The van der Waals surface area contributed by atoms with E-state index in [1.165, 1.54) is 0 Å². The molecule has 4 nitrogen and oxygen atoms in total. The van der Waals surface area contributed by atoms with Crippen molar-refractivity contribution in [3.8, 4) is 0 Å². The van der Waals surface area contributed by atoms with Crippen LogP contribution in [0.1, 0.15) is 18.9 Å². The van der Waals surface area contributed by atoms with Crippen molar-refractivity contribution in [2.24, 2.45) is 10.9 Å². The number of ether oxygens (including phenoxy) is 1. The summed E-state index contributed by atoms with van der Waals surface area (Å²) < 4.78 is 5.25. The molecular formula is C16H24ClN3O. The van der Waals surface area contributed by atoms with E-state index in [9.17, 15) is 0 Å². The number of hydrogen-bond donors (Lipinski definition) is 1. The van der Waals surface area contributed by atoms with Crippen molar-refractivity contribution in [1.82, 2.24) is 10.2 Å². The number of benzene rings is 1. The van der Waals surface area contributed by atoms with Crippen LogP contribution in [0.3, 0.4) is 0 Å². The third kappa shape index (κ3) is 4.90. The Labute approximate surface area is 132 Å². The van der Waals surface area contributed by atoms with E-state index >= 15 is 0 Å². The molecule has 1 aromatic carbocycles. The Morgan fingerprint density at radius 2 is 2.38 bits per heavy atom. The molecule has 1 unspecified atom stereocenters. The van der Waals surface area contributed by atoms with E-state index in [2.05, 4.69) is 23.2 Å². The highest BCUT2D eigenvalue weighted by Crippen LogP contribution is 2.17. The van der Waals surface area contributed by atoms with E-state index in [1.807, 2.05) is 18.2 Å². The maximum atomic E-state index is 6.01. The van der Waals surface area contributed by atoms with Crippen LogP contribution in [0.25, 0.3) is 0 Å². The number of rotatable bonds is 5. The predicted octanol–water partition coefficient (Wildman–Crippen LogP) is 2.77. The molecule has 0 bridgehead atoms. The molecule has 2 rings (SSSR count). The average molecular weight is 310 g/mol. The molecule has 1 aliphatic heterocycles. The van der Waals surface area contributed by atoms with E-state index < -0.39 is 0 Å². The lowest BCUT2D eigenvalue weighted by Crippen LogP contribution is -2.40. The van der Waals surface area contributed by atoms with Crippen molar-refractivity contribution in [1.29, 1.82) is 0 Å². The number of aliphatic imine (C=N–C) groups is 1. The summed E-state index contributed by atoms with van der Waals surface area (Å²) >= 11 is 6.01. The van der Waals surface area contributed by atoms with Gasteiger partial charge in [-0.15, -0.1) is 0 Å². The minimum absolute atomic E-state index is 0.602. The molecule has 1 heterocycles. The Bertz CT molecular complexity index is 478. The molecule has 116 valence electrons. The second-order valence-corrected chi connectivity index (χ2v) is 5.79. The van der Waals surface area contributed by atoms with Gasteiger partial charge in [-0.25, -0.2) is 4.99 Å². The SMILES string of the molecule is CCNC(=NCc1cccc(Cl)c1)N1CCC(COC)C1. The van der Waals surface area contributed by atoms with Gasteiger partial charge in [-0.1, -0.05) is 23.7 Å². The Hall–Kier alpha value is -1.26. The zero-order chi connectivity index (χ0) is 15.1. The molecule has 21 heavy (non-hydrogen) atoms. The normalized spacial score (nSPS) is 19.1. The van der Waals surface area contributed by atoms with Gasteiger partial charge < -0.3 is 15.0 Å². The monoisotopic (exact) mass is 309 g/mol. The van der Waals surface area contributed by atoms with Crippen LogP contribution in [0.4, 0.5) is 0 Å². The molecule has 1 aromatic rings. The Kier molecular flexibility index (Phi) is 6.33. The minimum Gasteiger partial charge on any atom is -0.384 e. The zero-order valence-corrected chi connectivity index (χ0v) is 13.6. The summed E-state index contributed by atoms with van der Waals surface area (Å²) in [6.45, 7) is 6.49. The molecule has 1 fully saturated rings. The molecule has 0 aromatic heterocycles. The summed E-state index contributed by atoms with van der Waals surface area (Å²) in [5, 5.41) is 4.13. The van der Waals surface area contributed by atoms with Crippen LogP contribution in [0.2, 0.25) is 5.02 Å². The highest BCUT2D eigenvalue weighted by molar-refractivity contribution is 6.30. The molecule has 0 radical (unpaired) electrons. The zero-order valence-electron chi connectivity index (χ0n) is 12.8. The fraction of sp³-hybridized carbons (Fsp3) is 0.562. The summed E-state index contributed by atoms with van der Waals surface area (Å²) in [7, 11) is 1.76. The third-order valence-corrected chi connectivity index (χ3v) is 3.86. The average Bonchev–Trinajstić information content (AvgIpc) is 2.92. The van der Waals surface area contributed by atoms with E-state index in [4.69, 9.17) is 21.3 Å². The van der Waals surface area contributed by atoms with Gasteiger partial charge in [0.2, 0.25) is 0 Å². The molecule has 0 saturated carbocycles. The van der Waals surface area contributed by atoms with Crippen molar-refractivity contribution in [2.75, 3.05) is 33.4 Å². The molecule has 1 N–H and O–H groups in total. The Morgan fingerprint density at radius 3 is 3.10 bits per heavy atom. The molecule has 0 amide bonds. The topological polar surface area (TPSA) is 36.9 Å². The Morgan fingerprint density at radius 1 is 1.52 bits per heavy atom. The van der Waals surface area contributed by atoms with Crippen molar-refractivity contribution in [3.63, 3.8) is 0 Å². The van der Waals surface area contributed by atoms with Gasteiger partial charge >= 0.3 is 0 Å². The molecule has 1 aliphatic rings. The lowest BCUT2D eigenvalue weighted by Gasteiger charge is -2.21. The summed E-state index contributed by atoms with van der Waals surface area (Å²) in [6.07, 6.45) is 1.16. The molecule has 1 saturated heterocycles.